The summed E-state index contributed by atoms with van der Waals surface area (Å²) in [4.78, 5) is 33.2. The largest absolute Gasteiger partial charge is 0.298 e. The summed E-state index contributed by atoms with van der Waals surface area (Å²) in [6.07, 6.45) is 1.50. The van der Waals surface area contributed by atoms with Crippen LogP contribution in [-0.4, -0.2) is 31.2 Å². The zero-order valence-corrected chi connectivity index (χ0v) is 21.3. The standard InChI is InChI=1S/C27H21ClN6O2S/c1-17-21(26(36)34(33-17)19-10-3-2-4-11-19)15-29-23-14-8-6-12-20(23)24-25(35)30-27(32-31-24)37-16-18-9-5-7-13-22(18)28/h2-15,33H,16H2,1H3,(H,30,32,35). The summed E-state index contributed by atoms with van der Waals surface area (Å²) in [7, 11) is 0. The number of nitrogens with one attached hydrogen (secondary N) is 2. The summed E-state index contributed by atoms with van der Waals surface area (Å²) in [5.41, 5.74) is 3.29. The second-order valence-electron chi connectivity index (χ2n) is 8.09. The Labute approximate surface area is 221 Å². The van der Waals surface area contributed by atoms with E-state index in [1.54, 1.807) is 24.3 Å². The predicted molar refractivity (Wildman–Crippen MR) is 147 cm³/mol. The van der Waals surface area contributed by atoms with E-state index in [9.17, 15) is 9.59 Å². The molecule has 0 amide bonds. The molecule has 0 aliphatic heterocycles. The fraction of sp³-hybridized carbons (Fsp3) is 0.0741. The third-order valence-corrected chi connectivity index (χ3v) is 6.90. The minimum atomic E-state index is -0.386. The van der Waals surface area contributed by atoms with E-state index in [2.05, 4.69) is 25.3 Å². The number of hydrogen-bond acceptors (Lipinski definition) is 6. The van der Waals surface area contributed by atoms with Crippen LogP contribution in [0.3, 0.4) is 0 Å². The highest BCUT2D eigenvalue weighted by molar-refractivity contribution is 7.98. The second kappa shape index (κ2) is 10.8. The molecular weight excluding hydrogens is 508 g/mol. The molecule has 0 radical (unpaired) electrons. The maximum absolute atomic E-state index is 13.0. The molecular formula is C27H21ClN6O2S. The predicted octanol–water partition coefficient (Wildman–Crippen LogP) is 5.32. The maximum atomic E-state index is 13.0. The molecule has 2 N–H and O–H groups in total. The van der Waals surface area contributed by atoms with Crippen LogP contribution in [0.25, 0.3) is 16.9 Å². The topological polar surface area (TPSA) is 109 Å². The van der Waals surface area contributed by atoms with E-state index < -0.39 is 0 Å². The van der Waals surface area contributed by atoms with Crippen molar-refractivity contribution in [3.05, 3.63) is 121 Å². The molecule has 0 spiro atoms. The van der Waals surface area contributed by atoms with Crippen molar-refractivity contribution < 1.29 is 0 Å². The van der Waals surface area contributed by atoms with Crippen LogP contribution in [-0.2, 0) is 5.75 Å². The molecule has 3 aromatic carbocycles. The molecule has 0 aliphatic rings. The van der Waals surface area contributed by atoms with Gasteiger partial charge in [0, 0.05) is 28.2 Å². The highest BCUT2D eigenvalue weighted by Crippen LogP contribution is 2.27. The van der Waals surface area contributed by atoms with Crippen molar-refractivity contribution in [1.29, 1.82) is 0 Å². The second-order valence-corrected chi connectivity index (χ2v) is 9.46. The molecule has 0 atom stereocenters. The third-order valence-electron chi connectivity index (χ3n) is 5.62. The average Bonchev–Trinajstić information content (AvgIpc) is 3.20. The fourth-order valence-corrected chi connectivity index (χ4v) is 4.81. The smallest absolute Gasteiger partial charge is 0.280 e. The number of para-hydroxylation sites is 2. The summed E-state index contributed by atoms with van der Waals surface area (Å²) in [5, 5.41) is 12.5. The van der Waals surface area contributed by atoms with Crippen LogP contribution in [0.1, 0.15) is 16.8 Å². The zero-order valence-electron chi connectivity index (χ0n) is 19.7. The molecule has 0 unspecified atom stereocenters. The molecule has 8 nitrogen and oxygen atoms in total. The minimum Gasteiger partial charge on any atom is -0.298 e. The molecule has 0 saturated carbocycles. The van der Waals surface area contributed by atoms with Gasteiger partial charge >= 0.3 is 0 Å². The van der Waals surface area contributed by atoms with E-state index in [4.69, 9.17) is 11.6 Å². The van der Waals surface area contributed by atoms with Crippen molar-refractivity contribution in [1.82, 2.24) is 25.0 Å². The Kier molecular flexibility index (Phi) is 7.16. The van der Waals surface area contributed by atoms with Gasteiger partial charge in [-0.15, -0.1) is 10.2 Å². The van der Waals surface area contributed by atoms with E-state index in [1.807, 2.05) is 61.5 Å². The normalized spacial score (nSPS) is 11.3. The number of nitrogens with zero attached hydrogens (tertiary/aromatic N) is 4. The SMILES string of the molecule is Cc1[nH]n(-c2ccccc2)c(=O)c1C=Nc1ccccc1-c1nnc(SCc2ccccc2Cl)[nH]c1=O. The van der Waals surface area contributed by atoms with Crippen molar-refractivity contribution in [2.24, 2.45) is 4.99 Å². The van der Waals surface area contributed by atoms with E-state index >= 15 is 0 Å². The zero-order chi connectivity index (χ0) is 25.8. The van der Waals surface area contributed by atoms with Gasteiger partial charge in [-0.3, -0.25) is 24.7 Å². The van der Waals surface area contributed by atoms with Gasteiger partial charge in [0.2, 0.25) is 0 Å². The highest BCUT2D eigenvalue weighted by atomic mass is 35.5. The molecule has 5 rings (SSSR count). The Bertz CT molecular complexity index is 1710. The molecule has 0 saturated heterocycles. The molecule has 0 fully saturated rings. The van der Waals surface area contributed by atoms with Gasteiger partial charge in [0.15, 0.2) is 10.9 Å². The Balaban J connectivity index is 1.41. The van der Waals surface area contributed by atoms with E-state index in [0.717, 1.165) is 11.3 Å². The molecule has 184 valence electrons. The molecule has 0 aliphatic carbocycles. The quantitative estimate of drug-likeness (QED) is 0.219. The van der Waals surface area contributed by atoms with Gasteiger partial charge in [0.1, 0.15) is 0 Å². The number of aliphatic imine (C=N–C) groups is 1. The minimum absolute atomic E-state index is 0.141. The first-order valence-electron chi connectivity index (χ1n) is 11.3. The number of hydrogen-bond donors (Lipinski definition) is 2. The monoisotopic (exact) mass is 528 g/mol. The first kappa shape index (κ1) is 24.5. The number of aromatic amines is 2. The Morgan fingerprint density at radius 3 is 2.49 bits per heavy atom. The van der Waals surface area contributed by atoms with Crippen LogP contribution < -0.4 is 11.1 Å². The van der Waals surface area contributed by atoms with Crippen molar-refractivity contribution >= 4 is 35.3 Å². The summed E-state index contributed by atoms with van der Waals surface area (Å²) in [6.45, 7) is 1.81. The van der Waals surface area contributed by atoms with E-state index in [0.29, 0.717) is 38.4 Å². The van der Waals surface area contributed by atoms with Gasteiger partial charge < -0.3 is 0 Å². The van der Waals surface area contributed by atoms with Gasteiger partial charge in [-0.1, -0.05) is 78.0 Å². The van der Waals surface area contributed by atoms with Gasteiger partial charge in [0.25, 0.3) is 11.1 Å². The summed E-state index contributed by atoms with van der Waals surface area (Å²) in [6, 6.07) is 23.9. The van der Waals surface area contributed by atoms with Crippen LogP contribution in [0.4, 0.5) is 5.69 Å². The van der Waals surface area contributed by atoms with Crippen LogP contribution >= 0.6 is 23.4 Å². The number of H-pyrrole nitrogens is 2. The Morgan fingerprint density at radius 1 is 0.973 bits per heavy atom. The molecule has 0 bridgehead atoms. The van der Waals surface area contributed by atoms with Crippen LogP contribution in [0.5, 0.6) is 0 Å². The van der Waals surface area contributed by atoms with Gasteiger partial charge in [-0.25, -0.2) is 4.68 Å². The molecule has 10 heteroatoms. The third kappa shape index (κ3) is 5.32. The van der Waals surface area contributed by atoms with Gasteiger partial charge in [-0.2, -0.15) is 0 Å². The first-order chi connectivity index (χ1) is 18.0. The average molecular weight is 529 g/mol. The number of thioether (sulfide) groups is 1. The molecule has 2 aromatic heterocycles. The highest BCUT2D eigenvalue weighted by Gasteiger charge is 2.14. The number of aromatic nitrogens is 5. The van der Waals surface area contributed by atoms with Crippen molar-refractivity contribution in [3.8, 4) is 16.9 Å². The number of halogens is 1. The summed E-state index contributed by atoms with van der Waals surface area (Å²) < 4.78 is 1.47. The Hall–Kier alpha value is -4.21. The summed E-state index contributed by atoms with van der Waals surface area (Å²) >= 11 is 7.55. The van der Waals surface area contributed by atoms with Crippen molar-refractivity contribution in [3.63, 3.8) is 0 Å². The van der Waals surface area contributed by atoms with E-state index in [-0.39, 0.29) is 16.8 Å². The van der Waals surface area contributed by atoms with E-state index in [1.165, 1.54) is 22.7 Å². The molecule has 2 heterocycles. The fourth-order valence-electron chi connectivity index (χ4n) is 3.72. The molecule has 5 aromatic rings. The lowest BCUT2D eigenvalue weighted by Crippen LogP contribution is -2.17. The Morgan fingerprint density at radius 2 is 1.70 bits per heavy atom. The summed E-state index contributed by atoms with van der Waals surface area (Å²) in [5.74, 6) is 0.543. The van der Waals surface area contributed by atoms with Crippen LogP contribution in [0.15, 0.2) is 98.6 Å². The molecule has 37 heavy (non-hydrogen) atoms. The number of aryl methyl sites for hydroxylation is 1. The van der Waals surface area contributed by atoms with Gasteiger partial charge in [0.05, 0.1) is 16.9 Å². The lowest BCUT2D eigenvalue weighted by atomic mass is 10.1. The number of rotatable bonds is 7. The lowest BCUT2D eigenvalue weighted by molar-refractivity contribution is 0.824. The van der Waals surface area contributed by atoms with Crippen LogP contribution in [0, 0.1) is 6.92 Å². The number of benzene rings is 3. The lowest BCUT2D eigenvalue weighted by Gasteiger charge is -2.06. The van der Waals surface area contributed by atoms with Gasteiger partial charge in [-0.05, 0) is 36.8 Å². The first-order valence-corrected chi connectivity index (χ1v) is 12.7. The van der Waals surface area contributed by atoms with Crippen molar-refractivity contribution in [2.45, 2.75) is 17.8 Å². The van der Waals surface area contributed by atoms with Crippen LogP contribution in [0.2, 0.25) is 5.02 Å². The maximum Gasteiger partial charge on any atom is 0.280 e. The van der Waals surface area contributed by atoms with Crippen molar-refractivity contribution in [2.75, 3.05) is 0 Å².